The molecule has 1 saturated heterocycles. The average Bonchev–Trinajstić information content (AvgIpc) is 2.52. The van der Waals surface area contributed by atoms with Gasteiger partial charge in [-0.25, -0.2) is 0 Å². The number of carbonyl (C=O) groups is 2. The SMILES string of the molecule is CCCCCCC(C)C1CC(=O)NC1=O. The Morgan fingerprint density at radius 1 is 1.33 bits per heavy atom. The van der Waals surface area contributed by atoms with Crippen LogP contribution in [0, 0.1) is 11.8 Å². The second-order valence-corrected chi connectivity index (χ2v) is 4.55. The smallest absolute Gasteiger partial charge is 0.230 e. The molecule has 0 aromatic heterocycles. The highest BCUT2D eigenvalue weighted by Crippen LogP contribution is 2.25. The third-order valence-corrected chi connectivity index (χ3v) is 3.20. The maximum atomic E-state index is 11.4. The molecule has 1 fully saturated rings. The first-order valence-electron chi connectivity index (χ1n) is 5.98. The topological polar surface area (TPSA) is 46.2 Å². The normalized spacial score (nSPS) is 22.9. The summed E-state index contributed by atoms with van der Waals surface area (Å²) in [5, 5.41) is 2.37. The fraction of sp³-hybridized carbons (Fsp3) is 0.833. The van der Waals surface area contributed by atoms with Crippen LogP contribution in [-0.2, 0) is 9.59 Å². The highest BCUT2D eigenvalue weighted by Gasteiger charge is 2.34. The Bertz CT molecular complexity index is 238. The lowest BCUT2D eigenvalue weighted by Crippen LogP contribution is -2.25. The Morgan fingerprint density at radius 2 is 2.07 bits per heavy atom. The molecule has 2 amide bonds. The van der Waals surface area contributed by atoms with Crippen molar-refractivity contribution >= 4 is 11.8 Å². The van der Waals surface area contributed by atoms with Gasteiger partial charge in [-0.1, -0.05) is 39.5 Å². The summed E-state index contributed by atoms with van der Waals surface area (Å²) in [6.45, 7) is 4.27. The van der Waals surface area contributed by atoms with E-state index in [1.807, 2.05) is 0 Å². The molecule has 0 aliphatic carbocycles. The highest BCUT2D eigenvalue weighted by atomic mass is 16.2. The number of rotatable bonds is 6. The number of unbranched alkanes of at least 4 members (excludes halogenated alkanes) is 3. The van der Waals surface area contributed by atoms with Crippen LogP contribution in [0.5, 0.6) is 0 Å². The zero-order valence-electron chi connectivity index (χ0n) is 9.71. The minimum atomic E-state index is -0.106. The van der Waals surface area contributed by atoms with E-state index in [1.165, 1.54) is 25.7 Å². The van der Waals surface area contributed by atoms with Gasteiger partial charge < -0.3 is 0 Å². The van der Waals surface area contributed by atoms with Crippen LogP contribution in [0.1, 0.15) is 52.4 Å². The standard InChI is InChI=1S/C12H21NO2/c1-3-4-5-6-7-9(2)10-8-11(14)13-12(10)15/h9-10H,3-8H2,1-2H3,(H,13,14,15). The monoisotopic (exact) mass is 211 g/mol. The maximum absolute atomic E-state index is 11.4. The van der Waals surface area contributed by atoms with Crippen LogP contribution in [-0.4, -0.2) is 11.8 Å². The molecule has 3 heteroatoms. The maximum Gasteiger partial charge on any atom is 0.230 e. The van der Waals surface area contributed by atoms with Crippen molar-refractivity contribution < 1.29 is 9.59 Å². The van der Waals surface area contributed by atoms with Crippen LogP contribution in [0.4, 0.5) is 0 Å². The molecule has 1 aliphatic rings. The molecule has 0 aromatic rings. The number of nitrogens with one attached hydrogen (secondary N) is 1. The van der Waals surface area contributed by atoms with Crippen molar-refractivity contribution in [2.75, 3.05) is 0 Å². The van der Waals surface area contributed by atoms with Gasteiger partial charge in [0.2, 0.25) is 11.8 Å². The molecule has 1 N–H and O–H groups in total. The molecule has 1 heterocycles. The first kappa shape index (κ1) is 12.2. The minimum Gasteiger partial charge on any atom is -0.296 e. The van der Waals surface area contributed by atoms with Gasteiger partial charge in [-0.15, -0.1) is 0 Å². The average molecular weight is 211 g/mol. The van der Waals surface area contributed by atoms with Gasteiger partial charge in [0.1, 0.15) is 0 Å². The Kier molecular flexibility index (Phi) is 4.79. The summed E-state index contributed by atoms with van der Waals surface area (Å²) in [5.74, 6) is 0.0980. The van der Waals surface area contributed by atoms with E-state index in [0.717, 1.165) is 6.42 Å². The lowest BCUT2D eigenvalue weighted by molar-refractivity contribution is -0.126. The van der Waals surface area contributed by atoms with Crippen LogP contribution in [0.25, 0.3) is 0 Å². The molecule has 0 aromatic carbocycles. The van der Waals surface area contributed by atoms with E-state index in [2.05, 4.69) is 19.2 Å². The number of carbonyl (C=O) groups excluding carboxylic acids is 2. The predicted octanol–water partition coefficient (Wildman–Crippen LogP) is 2.26. The molecule has 3 nitrogen and oxygen atoms in total. The van der Waals surface area contributed by atoms with Gasteiger partial charge in [0.25, 0.3) is 0 Å². The first-order chi connectivity index (χ1) is 7.15. The minimum absolute atomic E-state index is 0.0667. The molecule has 15 heavy (non-hydrogen) atoms. The second-order valence-electron chi connectivity index (χ2n) is 4.55. The van der Waals surface area contributed by atoms with Crippen LogP contribution < -0.4 is 5.32 Å². The Hall–Kier alpha value is -0.860. The van der Waals surface area contributed by atoms with Gasteiger partial charge in [0.15, 0.2) is 0 Å². The number of hydrogen-bond donors (Lipinski definition) is 1. The molecule has 86 valence electrons. The van der Waals surface area contributed by atoms with Crippen LogP contribution >= 0.6 is 0 Å². The van der Waals surface area contributed by atoms with Crippen molar-refractivity contribution in [2.45, 2.75) is 52.4 Å². The fourth-order valence-electron chi connectivity index (χ4n) is 2.13. The van der Waals surface area contributed by atoms with E-state index in [-0.39, 0.29) is 17.7 Å². The largest absolute Gasteiger partial charge is 0.296 e. The molecule has 2 atom stereocenters. The van der Waals surface area contributed by atoms with E-state index in [1.54, 1.807) is 0 Å². The summed E-state index contributed by atoms with van der Waals surface area (Å²) >= 11 is 0. The van der Waals surface area contributed by atoms with Crippen molar-refractivity contribution in [2.24, 2.45) is 11.8 Å². The third-order valence-electron chi connectivity index (χ3n) is 3.20. The van der Waals surface area contributed by atoms with Crippen molar-refractivity contribution in [1.29, 1.82) is 0 Å². The van der Waals surface area contributed by atoms with Gasteiger partial charge >= 0.3 is 0 Å². The van der Waals surface area contributed by atoms with Crippen molar-refractivity contribution in [3.8, 4) is 0 Å². The van der Waals surface area contributed by atoms with Gasteiger partial charge in [-0.2, -0.15) is 0 Å². The van der Waals surface area contributed by atoms with E-state index < -0.39 is 0 Å². The summed E-state index contributed by atoms with van der Waals surface area (Å²) in [5.41, 5.74) is 0. The predicted molar refractivity (Wildman–Crippen MR) is 59.2 cm³/mol. The molecule has 1 aliphatic heterocycles. The molecule has 0 radical (unpaired) electrons. The number of hydrogen-bond acceptors (Lipinski definition) is 2. The lowest BCUT2D eigenvalue weighted by atomic mass is 9.88. The molecule has 2 unspecified atom stereocenters. The van der Waals surface area contributed by atoms with E-state index >= 15 is 0 Å². The summed E-state index contributed by atoms with van der Waals surface area (Å²) < 4.78 is 0. The summed E-state index contributed by atoms with van der Waals surface area (Å²) in [6, 6.07) is 0. The number of amides is 2. The third kappa shape index (κ3) is 3.65. The van der Waals surface area contributed by atoms with E-state index in [4.69, 9.17) is 0 Å². The Morgan fingerprint density at radius 3 is 2.60 bits per heavy atom. The highest BCUT2D eigenvalue weighted by molar-refractivity contribution is 6.03. The summed E-state index contributed by atoms with van der Waals surface area (Å²) in [7, 11) is 0. The Labute approximate surface area is 91.6 Å². The van der Waals surface area contributed by atoms with Crippen LogP contribution in [0.15, 0.2) is 0 Å². The van der Waals surface area contributed by atoms with Crippen LogP contribution in [0.2, 0.25) is 0 Å². The zero-order chi connectivity index (χ0) is 11.3. The molecule has 1 rings (SSSR count). The van der Waals surface area contributed by atoms with Gasteiger partial charge in [-0.05, 0) is 12.3 Å². The zero-order valence-corrected chi connectivity index (χ0v) is 9.71. The van der Waals surface area contributed by atoms with Crippen molar-refractivity contribution in [3.05, 3.63) is 0 Å². The molecule has 0 bridgehead atoms. The Balaban J connectivity index is 2.24. The molecule has 0 saturated carbocycles. The summed E-state index contributed by atoms with van der Waals surface area (Å²) in [4.78, 5) is 22.4. The first-order valence-corrected chi connectivity index (χ1v) is 5.98. The van der Waals surface area contributed by atoms with Crippen molar-refractivity contribution in [1.82, 2.24) is 5.32 Å². The van der Waals surface area contributed by atoms with E-state index in [9.17, 15) is 9.59 Å². The van der Waals surface area contributed by atoms with E-state index in [0.29, 0.717) is 12.3 Å². The van der Waals surface area contributed by atoms with Gasteiger partial charge in [-0.3, -0.25) is 14.9 Å². The van der Waals surface area contributed by atoms with Crippen LogP contribution in [0.3, 0.4) is 0 Å². The van der Waals surface area contributed by atoms with Crippen molar-refractivity contribution in [3.63, 3.8) is 0 Å². The molecule has 0 spiro atoms. The fourth-order valence-corrected chi connectivity index (χ4v) is 2.13. The van der Waals surface area contributed by atoms with Gasteiger partial charge in [0.05, 0.1) is 0 Å². The summed E-state index contributed by atoms with van der Waals surface area (Å²) in [6.07, 6.45) is 6.37. The molecular weight excluding hydrogens is 190 g/mol. The van der Waals surface area contributed by atoms with Gasteiger partial charge in [0, 0.05) is 12.3 Å². The second kappa shape index (κ2) is 5.89. The lowest BCUT2D eigenvalue weighted by Gasteiger charge is -2.15. The quantitative estimate of drug-likeness (QED) is 0.541. The number of imide groups is 1. The molecular formula is C12H21NO2.